The molecule has 1 aliphatic carbocycles. The lowest BCUT2D eigenvalue weighted by Crippen LogP contribution is -2.57. The summed E-state index contributed by atoms with van der Waals surface area (Å²) in [5.74, 6) is -0.846. The Morgan fingerprint density at radius 1 is 1.67 bits per heavy atom. The second kappa shape index (κ2) is 3.66. The van der Waals surface area contributed by atoms with Gasteiger partial charge in [0.2, 0.25) is 0 Å². The van der Waals surface area contributed by atoms with Gasteiger partial charge in [-0.05, 0) is 19.1 Å². The Balaban J connectivity index is 2.75. The first-order valence-electron chi connectivity index (χ1n) is 4.16. The molecule has 1 fully saturated rings. The number of carboxylic acid groups (broad SMARTS) is 1. The average Bonchev–Trinajstić information content (AvgIpc) is 2.05. The lowest BCUT2D eigenvalue weighted by molar-refractivity contribution is -0.144. The average molecular weight is 189 g/mol. The van der Waals surface area contributed by atoms with Gasteiger partial charge in [-0.1, -0.05) is 12.8 Å². The Kier molecular flexibility index (Phi) is 3.01. The number of carboxylic acids is 1. The summed E-state index contributed by atoms with van der Waals surface area (Å²) in [5, 5.41) is 9.05. The molecule has 0 aromatic carbocycles. The van der Waals surface area contributed by atoms with Crippen LogP contribution in [0, 0.1) is 0 Å². The molecule has 0 heterocycles. The maximum absolute atomic E-state index is 10.9. The predicted octanol–water partition coefficient (Wildman–Crippen LogP) is 1.07. The van der Waals surface area contributed by atoms with E-state index in [4.69, 9.17) is 10.8 Å². The van der Waals surface area contributed by atoms with Gasteiger partial charge in [-0.3, -0.25) is 4.79 Å². The normalized spacial score (nSPS) is 36.3. The van der Waals surface area contributed by atoms with Gasteiger partial charge in [0.1, 0.15) is 5.54 Å². The number of hydrogen-bond donors (Lipinski definition) is 2. The van der Waals surface area contributed by atoms with Crippen molar-refractivity contribution in [2.24, 2.45) is 5.73 Å². The highest BCUT2D eigenvalue weighted by Gasteiger charge is 2.43. The van der Waals surface area contributed by atoms with Gasteiger partial charge in [-0.15, -0.1) is 0 Å². The summed E-state index contributed by atoms with van der Waals surface area (Å²) in [6, 6.07) is 0. The van der Waals surface area contributed by atoms with Crippen LogP contribution in [0.15, 0.2) is 0 Å². The summed E-state index contributed by atoms with van der Waals surface area (Å²) < 4.78 is 0. The van der Waals surface area contributed by atoms with Crippen LogP contribution >= 0.6 is 11.8 Å². The van der Waals surface area contributed by atoms with Crippen LogP contribution in [0.2, 0.25) is 0 Å². The van der Waals surface area contributed by atoms with E-state index >= 15 is 0 Å². The van der Waals surface area contributed by atoms with E-state index in [0.717, 1.165) is 19.3 Å². The van der Waals surface area contributed by atoms with Crippen LogP contribution in [0.1, 0.15) is 25.7 Å². The van der Waals surface area contributed by atoms with E-state index < -0.39 is 11.5 Å². The first-order valence-corrected chi connectivity index (χ1v) is 5.45. The molecule has 0 unspecified atom stereocenters. The topological polar surface area (TPSA) is 63.3 Å². The van der Waals surface area contributed by atoms with Gasteiger partial charge in [-0.25, -0.2) is 0 Å². The zero-order valence-electron chi connectivity index (χ0n) is 7.25. The molecule has 1 rings (SSSR count). The van der Waals surface area contributed by atoms with Gasteiger partial charge in [-0.2, -0.15) is 11.8 Å². The number of hydrogen-bond acceptors (Lipinski definition) is 3. The molecule has 0 amide bonds. The summed E-state index contributed by atoms with van der Waals surface area (Å²) in [6.07, 6.45) is 5.54. The Labute approximate surface area is 76.7 Å². The SMILES string of the molecule is CS[C@@H]1CCCC[C@@]1(N)C(=O)O. The van der Waals surface area contributed by atoms with Gasteiger partial charge in [0.25, 0.3) is 0 Å². The van der Waals surface area contributed by atoms with E-state index in [-0.39, 0.29) is 5.25 Å². The minimum atomic E-state index is -0.975. The molecule has 2 atom stereocenters. The van der Waals surface area contributed by atoms with E-state index in [1.807, 2.05) is 6.26 Å². The smallest absolute Gasteiger partial charge is 0.324 e. The Bertz CT molecular complexity index is 186. The van der Waals surface area contributed by atoms with Crippen LogP contribution in [0.25, 0.3) is 0 Å². The molecule has 1 saturated carbocycles. The second-order valence-electron chi connectivity index (χ2n) is 3.32. The molecule has 0 aromatic heterocycles. The Hall–Kier alpha value is -0.220. The third-order valence-corrected chi connectivity index (χ3v) is 3.79. The van der Waals surface area contributed by atoms with Crippen molar-refractivity contribution in [3.63, 3.8) is 0 Å². The van der Waals surface area contributed by atoms with Crippen molar-refractivity contribution in [1.29, 1.82) is 0 Å². The van der Waals surface area contributed by atoms with E-state index in [1.54, 1.807) is 11.8 Å². The minimum Gasteiger partial charge on any atom is -0.480 e. The van der Waals surface area contributed by atoms with Crippen molar-refractivity contribution in [1.82, 2.24) is 0 Å². The van der Waals surface area contributed by atoms with Crippen molar-refractivity contribution >= 4 is 17.7 Å². The van der Waals surface area contributed by atoms with Gasteiger partial charge in [0.15, 0.2) is 0 Å². The minimum absolute atomic E-state index is 0.0868. The van der Waals surface area contributed by atoms with Crippen molar-refractivity contribution in [3.05, 3.63) is 0 Å². The lowest BCUT2D eigenvalue weighted by Gasteiger charge is -2.36. The highest BCUT2D eigenvalue weighted by molar-refractivity contribution is 7.99. The molecular formula is C8H15NO2S. The molecule has 0 saturated heterocycles. The van der Waals surface area contributed by atoms with Crippen LogP contribution in [0.3, 0.4) is 0 Å². The molecule has 4 heteroatoms. The maximum atomic E-state index is 10.9. The number of nitrogens with two attached hydrogens (primary N) is 1. The summed E-state index contributed by atoms with van der Waals surface area (Å²) in [5.41, 5.74) is 4.86. The number of aliphatic carboxylic acids is 1. The quantitative estimate of drug-likeness (QED) is 0.682. The van der Waals surface area contributed by atoms with E-state index in [1.165, 1.54) is 0 Å². The highest BCUT2D eigenvalue weighted by atomic mass is 32.2. The molecule has 3 nitrogen and oxygen atoms in total. The van der Waals surface area contributed by atoms with Crippen LogP contribution < -0.4 is 5.73 Å². The number of rotatable bonds is 2. The third-order valence-electron chi connectivity index (χ3n) is 2.56. The fourth-order valence-electron chi connectivity index (χ4n) is 1.74. The summed E-state index contributed by atoms with van der Waals surface area (Å²) >= 11 is 1.58. The van der Waals surface area contributed by atoms with Crippen LogP contribution in [0.5, 0.6) is 0 Å². The van der Waals surface area contributed by atoms with Crippen molar-refractivity contribution in [2.45, 2.75) is 36.5 Å². The van der Waals surface area contributed by atoms with E-state index in [2.05, 4.69) is 0 Å². The number of thioether (sulfide) groups is 1. The molecule has 3 N–H and O–H groups in total. The fraction of sp³-hybridized carbons (Fsp3) is 0.875. The summed E-state index contributed by atoms with van der Waals surface area (Å²) in [4.78, 5) is 10.9. The molecule has 0 bridgehead atoms. The maximum Gasteiger partial charge on any atom is 0.324 e. The summed E-state index contributed by atoms with van der Waals surface area (Å²) in [7, 11) is 0. The molecule has 0 aliphatic heterocycles. The molecular weight excluding hydrogens is 174 g/mol. The Morgan fingerprint density at radius 2 is 2.33 bits per heavy atom. The van der Waals surface area contributed by atoms with Crippen molar-refractivity contribution < 1.29 is 9.90 Å². The van der Waals surface area contributed by atoms with Crippen molar-refractivity contribution in [2.75, 3.05) is 6.26 Å². The fourth-order valence-corrected chi connectivity index (χ4v) is 2.78. The van der Waals surface area contributed by atoms with Gasteiger partial charge < -0.3 is 10.8 Å². The zero-order valence-corrected chi connectivity index (χ0v) is 8.06. The van der Waals surface area contributed by atoms with Crippen molar-refractivity contribution in [3.8, 4) is 0 Å². The molecule has 1 aliphatic rings. The molecule has 70 valence electrons. The zero-order chi connectivity index (χ0) is 9.19. The van der Waals surface area contributed by atoms with Gasteiger partial charge in [0.05, 0.1) is 0 Å². The van der Waals surface area contributed by atoms with Gasteiger partial charge >= 0.3 is 5.97 Å². The largest absolute Gasteiger partial charge is 0.480 e. The first kappa shape index (κ1) is 9.86. The molecule has 0 spiro atoms. The Morgan fingerprint density at radius 3 is 2.75 bits per heavy atom. The summed E-state index contributed by atoms with van der Waals surface area (Å²) in [6.45, 7) is 0. The monoisotopic (exact) mass is 189 g/mol. The standard InChI is InChI=1S/C8H15NO2S/c1-12-6-4-2-3-5-8(6,9)7(10)11/h6H,2-5,9H2,1H3,(H,10,11)/t6-,8+/m1/s1. The van der Waals surface area contributed by atoms with E-state index in [9.17, 15) is 4.79 Å². The predicted molar refractivity (Wildman–Crippen MR) is 50.3 cm³/mol. The molecule has 0 radical (unpaired) electrons. The first-order chi connectivity index (χ1) is 5.61. The number of carbonyl (C=O) groups is 1. The molecule has 0 aromatic rings. The molecule has 12 heavy (non-hydrogen) atoms. The lowest BCUT2D eigenvalue weighted by atomic mass is 9.82. The highest BCUT2D eigenvalue weighted by Crippen LogP contribution is 2.33. The van der Waals surface area contributed by atoms with E-state index in [0.29, 0.717) is 6.42 Å². The van der Waals surface area contributed by atoms with Crippen LogP contribution in [-0.2, 0) is 4.79 Å². The van der Waals surface area contributed by atoms with Crippen LogP contribution in [-0.4, -0.2) is 28.1 Å². The van der Waals surface area contributed by atoms with Gasteiger partial charge in [0, 0.05) is 5.25 Å². The van der Waals surface area contributed by atoms with Crippen LogP contribution in [0.4, 0.5) is 0 Å². The third kappa shape index (κ3) is 1.59. The second-order valence-corrected chi connectivity index (χ2v) is 4.36.